The number of likely N-dealkylation sites (N-methyl/N-ethyl adjacent to an activating group) is 2. The number of aldehydes is 1. The number of hydrogen-bond acceptors (Lipinski definition) is 15. The van der Waals surface area contributed by atoms with Crippen LogP contribution < -0.4 is 32.6 Å². The van der Waals surface area contributed by atoms with Crippen molar-refractivity contribution < 1.29 is 24.2 Å². The molecule has 1 saturated carbocycles. The van der Waals surface area contributed by atoms with Crippen molar-refractivity contribution in [3.05, 3.63) is 112 Å². The molecule has 6 heterocycles. The zero-order valence-electron chi connectivity index (χ0n) is 47.7. The number of fused-ring (bicyclic) bond motifs is 2. The van der Waals surface area contributed by atoms with Crippen LogP contribution >= 0.6 is 11.3 Å². The van der Waals surface area contributed by atoms with Crippen LogP contribution in [0.25, 0.3) is 16.1 Å². The van der Waals surface area contributed by atoms with Crippen LogP contribution in [0.3, 0.4) is 0 Å². The molecular formula is C61H89N11O5S. The third-order valence-corrected chi connectivity index (χ3v) is 18.0. The quantitative estimate of drug-likeness (QED) is 0.0437. The number of allylic oxidation sites excluding steroid dienone is 1. The van der Waals surface area contributed by atoms with E-state index in [4.69, 9.17) is 21.9 Å². The first kappa shape index (κ1) is 59.6. The second-order valence-corrected chi connectivity index (χ2v) is 24.3. The molecule has 2 amide bonds. The van der Waals surface area contributed by atoms with Crippen LogP contribution in [0.1, 0.15) is 121 Å². The standard InChI is InChI=1S/C23H32N4O2S.C21H32N2O2.C17H25N5O/c1-15-19(30-14-26-15)17-10-8-16(9-11-17)13-25-21(28)18-7-6-12-27(18)22(29)20(24-5)23(2,3)4;1-3-21(9-4-12-24)13-19(14-21)23-10-7-18(8-11-23)16-25-20-6-5-17(2)15-22-20;1-21-11-6-7-12(21)10-22(9-11)15(17(19)20)8-14(18)13-4-2-3-5-16(13)23/h8-11,14,18,20,24H,6-7,12-13H2,1-5H3,(H,25,28);5-6,12,15,18-19H,3-4,7-11,13-14,16H2,1-2H3;2-5,8,11-12,23H,6-7,9-10,18-20H2,1H3/b;;14-8-. The molecule has 1 aliphatic carbocycles. The lowest BCUT2D eigenvalue weighted by Crippen LogP contribution is -2.55. The summed E-state index contributed by atoms with van der Waals surface area (Å²) < 4.78 is 5.87. The molecule has 0 spiro atoms. The van der Waals surface area contributed by atoms with Crippen LogP contribution in [0, 0.1) is 30.6 Å². The number of para-hydroxylation sites is 1. The second kappa shape index (κ2) is 27.2. The fourth-order valence-electron chi connectivity index (χ4n) is 12.1. The molecule has 4 saturated heterocycles. The monoisotopic (exact) mass is 1090 g/mol. The van der Waals surface area contributed by atoms with Gasteiger partial charge >= 0.3 is 0 Å². The van der Waals surface area contributed by atoms with Gasteiger partial charge in [-0.25, -0.2) is 9.97 Å². The number of carbonyl (C=O) groups is 3. The van der Waals surface area contributed by atoms with E-state index in [1.165, 1.54) is 62.9 Å². The number of aromatic nitrogens is 2. The topological polar surface area (TPSA) is 222 Å². The van der Waals surface area contributed by atoms with Crippen LogP contribution in [0.15, 0.2) is 90.0 Å². The van der Waals surface area contributed by atoms with Crippen molar-refractivity contribution in [2.45, 2.75) is 149 Å². The number of pyridine rings is 1. The number of thiazole rings is 1. The summed E-state index contributed by atoms with van der Waals surface area (Å²) in [6.45, 7) is 18.5. The molecule has 424 valence electrons. The third kappa shape index (κ3) is 15.2. The van der Waals surface area contributed by atoms with E-state index in [1.807, 2.05) is 76.7 Å². The van der Waals surface area contributed by atoms with Gasteiger partial charge in [0.25, 0.3) is 0 Å². The Balaban J connectivity index is 0.000000171. The summed E-state index contributed by atoms with van der Waals surface area (Å²) >= 11 is 1.63. The summed E-state index contributed by atoms with van der Waals surface area (Å²) in [5.41, 5.74) is 26.2. The summed E-state index contributed by atoms with van der Waals surface area (Å²) in [5, 5.41) is 16.1. The van der Waals surface area contributed by atoms with Crippen LogP contribution in [0.2, 0.25) is 0 Å². The molecule has 78 heavy (non-hydrogen) atoms. The van der Waals surface area contributed by atoms with Gasteiger partial charge in [0.1, 0.15) is 23.9 Å². The van der Waals surface area contributed by atoms with E-state index in [0.29, 0.717) is 54.2 Å². The Labute approximate surface area is 468 Å². The second-order valence-electron chi connectivity index (χ2n) is 23.5. The van der Waals surface area contributed by atoms with Crippen molar-refractivity contribution in [3.63, 3.8) is 0 Å². The van der Waals surface area contributed by atoms with E-state index in [-0.39, 0.29) is 34.8 Å². The number of aromatic hydroxyl groups is 1. The summed E-state index contributed by atoms with van der Waals surface area (Å²) in [4.78, 5) is 55.5. The maximum Gasteiger partial charge on any atom is 0.243 e. The maximum absolute atomic E-state index is 13.1. The van der Waals surface area contributed by atoms with Gasteiger partial charge in [-0.05, 0) is 150 Å². The Morgan fingerprint density at radius 2 is 1.62 bits per heavy atom. The molecule has 2 aromatic heterocycles. The summed E-state index contributed by atoms with van der Waals surface area (Å²) in [7, 11) is 3.98. The van der Waals surface area contributed by atoms with Gasteiger partial charge < -0.3 is 57.2 Å². The zero-order valence-corrected chi connectivity index (χ0v) is 48.5. The van der Waals surface area contributed by atoms with E-state index in [1.54, 1.807) is 47.6 Å². The summed E-state index contributed by atoms with van der Waals surface area (Å²) in [5.74, 6) is 1.72. The highest BCUT2D eigenvalue weighted by Gasteiger charge is 2.45. The number of nitrogens with one attached hydrogen (secondary N) is 2. The molecule has 9 rings (SSSR count). The molecule has 16 nitrogen and oxygen atoms in total. The minimum atomic E-state index is -0.394. The number of piperazine rings is 1. The number of phenolic OH excluding ortho intramolecular Hbond substituents is 1. The van der Waals surface area contributed by atoms with Gasteiger partial charge in [-0.15, -0.1) is 11.3 Å². The molecule has 9 N–H and O–H groups in total. The van der Waals surface area contributed by atoms with Crippen molar-refractivity contribution >= 4 is 35.1 Å². The van der Waals surface area contributed by atoms with Crippen molar-refractivity contribution in [1.82, 2.24) is 40.2 Å². The number of amides is 2. The van der Waals surface area contributed by atoms with E-state index < -0.39 is 6.04 Å². The number of benzene rings is 2. The Morgan fingerprint density at radius 3 is 2.19 bits per heavy atom. The number of aryl methyl sites for hydroxylation is 2. The number of ether oxygens (including phenoxy) is 1. The lowest BCUT2D eigenvalue weighted by molar-refractivity contribution is -0.142. The average molecular weight is 1090 g/mol. The number of likely N-dealkylation sites (tertiary alicyclic amines) is 3. The molecular weight excluding hydrogens is 999 g/mol. The first-order valence-corrected chi connectivity index (χ1v) is 29.2. The molecule has 2 aromatic carbocycles. The highest BCUT2D eigenvalue weighted by Crippen LogP contribution is 2.50. The van der Waals surface area contributed by atoms with Crippen molar-refractivity contribution in [2.75, 3.05) is 53.4 Å². The number of rotatable bonds is 17. The first-order chi connectivity index (χ1) is 37.3. The zero-order chi connectivity index (χ0) is 56.1. The molecule has 4 atom stereocenters. The van der Waals surface area contributed by atoms with Gasteiger partial charge in [-0.3, -0.25) is 14.5 Å². The molecule has 4 unspecified atom stereocenters. The maximum atomic E-state index is 13.1. The SMILES string of the molecule is CCC1(CCC=O)CC(N2CCC(COc3ccc(C)cn3)CC2)C1.CN1C2CCC1CN(C(/C=C(\N)c1ccccc1O)=C(N)N)C2.CNC(C(=O)N1CCCC1C(=O)NCc1ccc(-c2scnc2C)cc1)C(C)(C)C. The van der Waals surface area contributed by atoms with E-state index >= 15 is 0 Å². The van der Waals surface area contributed by atoms with Crippen molar-refractivity contribution in [2.24, 2.45) is 33.9 Å². The van der Waals surface area contributed by atoms with Crippen LogP contribution in [0.4, 0.5) is 0 Å². The van der Waals surface area contributed by atoms with E-state index in [0.717, 1.165) is 85.2 Å². The predicted octanol–water partition coefficient (Wildman–Crippen LogP) is 7.94. The molecule has 0 radical (unpaired) electrons. The molecule has 4 aliphatic heterocycles. The summed E-state index contributed by atoms with van der Waals surface area (Å²) in [6, 6.07) is 20.3. The van der Waals surface area contributed by atoms with Crippen LogP contribution in [0.5, 0.6) is 11.6 Å². The Kier molecular flexibility index (Phi) is 20.8. The fourth-order valence-corrected chi connectivity index (χ4v) is 12.9. The molecule has 17 heteroatoms. The average Bonchev–Trinajstić information content (AvgIpc) is 4.21. The van der Waals surface area contributed by atoms with Gasteiger partial charge in [-0.2, -0.15) is 0 Å². The lowest BCUT2D eigenvalue weighted by Gasteiger charge is -2.53. The molecule has 5 fully saturated rings. The summed E-state index contributed by atoms with van der Waals surface area (Å²) in [6.07, 6.45) is 16.7. The molecule has 4 aromatic rings. The number of phenols is 1. The molecule has 5 aliphatic rings. The van der Waals surface area contributed by atoms with Gasteiger partial charge in [0.05, 0.1) is 34.4 Å². The van der Waals surface area contributed by atoms with Gasteiger partial charge in [-0.1, -0.05) is 76.6 Å². The Morgan fingerprint density at radius 1 is 0.923 bits per heavy atom. The van der Waals surface area contributed by atoms with E-state index in [9.17, 15) is 19.5 Å². The van der Waals surface area contributed by atoms with Gasteiger partial charge in [0.2, 0.25) is 17.7 Å². The number of nitrogens with two attached hydrogens (primary N) is 3. The Hall–Kier alpha value is -6.01. The van der Waals surface area contributed by atoms with Crippen LogP contribution in [-0.2, 0) is 20.9 Å². The first-order valence-electron chi connectivity index (χ1n) is 28.3. The van der Waals surface area contributed by atoms with Gasteiger partial charge in [0.15, 0.2) is 0 Å². The van der Waals surface area contributed by atoms with Gasteiger partial charge in [0, 0.05) is 74.2 Å². The predicted molar refractivity (Wildman–Crippen MR) is 313 cm³/mol. The third-order valence-electron chi connectivity index (χ3n) is 17.1. The number of nitrogens with zero attached hydrogens (tertiary/aromatic N) is 6. The fraction of sp³-hybridized carbons (Fsp3) is 0.557. The number of carbonyl (C=O) groups excluding carboxylic acids is 3. The van der Waals surface area contributed by atoms with Crippen LogP contribution in [-0.4, -0.2) is 136 Å². The highest BCUT2D eigenvalue weighted by atomic mass is 32.1. The Bertz CT molecular complexity index is 2640. The smallest absolute Gasteiger partial charge is 0.243 e. The van der Waals surface area contributed by atoms with E-state index in [2.05, 4.69) is 61.4 Å². The highest BCUT2D eigenvalue weighted by molar-refractivity contribution is 7.13. The minimum absolute atomic E-state index is 0.00642. The van der Waals surface area contributed by atoms with Crippen molar-refractivity contribution in [3.8, 4) is 22.1 Å². The van der Waals surface area contributed by atoms with Crippen molar-refractivity contribution in [1.29, 1.82) is 0 Å². The molecule has 2 bridgehead atoms. The minimum Gasteiger partial charge on any atom is -0.507 e. The largest absolute Gasteiger partial charge is 0.507 e. The normalized spacial score (nSPS) is 23.0. The number of piperidine rings is 1. The lowest BCUT2D eigenvalue weighted by atomic mass is 9.61. The number of hydrogen-bond donors (Lipinski definition) is 6.